The Morgan fingerprint density at radius 2 is 1.11 bits per heavy atom. The number of nitrogens with zero attached hydrogens (tertiary/aromatic N) is 2. The van der Waals surface area contributed by atoms with Crippen molar-refractivity contribution >= 4 is 83.1 Å². The molecule has 0 radical (unpaired) electrons. The van der Waals surface area contributed by atoms with Crippen molar-refractivity contribution in [2.75, 3.05) is 0 Å². The maximum atomic E-state index is 13.8. The summed E-state index contributed by atoms with van der Waals surface area (Å²) in [6, 6.07) is 51.3. The first-order chi connectivity index (χ1) is 26.1. The van der Waals surface area contributed by atoms with E-state index >= 15 is 0 Å². The second-order valence-corrected chi connectivity index (χ2v) is 13.7. The minimum atomic E-state index is -0.0842. The van der Waals surface area contributed by atoms with E-state index in [0.29, 0.717) is 5.56 Å². The van der Waals surface area contributed by atoms with Gasteiger partial charge in [0.05, 0.1) is 22.1 Å². The van der Waals surface area contributed by atoms with Crippen LogP contribution >= 0.6 is 0 Å². The first-order valence-corrected chi connectivity index (χ1v) is 17.8. The molecule has 248 valence electrons. The molecule has 53 heavy (non-hydrogen) atoms. The molecule has 0 saturated heterocycles. The molecule has 0 unspecified atom stereocenters. The van der Waals surface area contributed by atoms with Gasteiger partial charge in [0.25, 0.3) is 5.56 Å². The summed E-state index contributed by atoms with van der Waals surface area (Å²) in [5, 5.41) is 7.61. The smallest absolute Gasteiger partial charge is 0.263 e. The molecule has 0 spiro atoms. The Hall–Kier alpha value is -7.17. The maximum absolute atomic E-state index is 13.8. The highest BCUT2D eigenvalue weighted by molar-refractivity contribution is 6.20. The van der Waals surface area contributed by atoms with Crippen LogP contribution in [-0.2, 0) is 0 Å². The standard InChI is InChI=1S/C49H30N2O2/c1-3-33-34(4-2)49(52)51-44-21-10-7-17-38(44)40-28-31(27-39(33)48(40)51)35-18-12-22-46-47(35)41-26-30(23-24-45(41)53-46)29-13-11-14-32(25-29)50-42-19-8-5-15-36(42)37-16-6-9-20-43(37)50/h3-28H,1-2H2. The molecule has 4 heteroatoms. The maximum Gasteiger partial charge on any atom is 0.263 e. The fourth-order valence-electron chi connectivity index (χ4n) is 8.74. The SMILES string of the molecule is C=Cc1c(C=C)c2cc(-c3cccc4oc5ccc(-c6cccc(-n7c8ccccc8c8ccccc87)c6)cc5c34)cc3c4ccccc4n(c1=O)c23. The van der Waals surface area contributed by atoms with E-state index in [2.05, 4.69) is 139 Å². The van der Waals surface area contributed by atoms with Crippen LogP contribution in [0.3, 0.4) is 0 Å². The van der Waals surface area contributed by atoms with Gasteiger partial charge in [-0.2, -0.15) is 0 Å². The second-order valence-electron chi connectivity index (χ2n) is 13.7. The quantitative estimate of drug-likeness (QED) is 0.182. The number of fused-ring (bicyclic) bond motifs is 9. The van der Waals surface area contributed by atoms with E-state index in [-0.39, 0.29) is 5.56 Å². The fraction of sp³-hybridized carbons (Fsp3) is 0. The third-order valence-electron chi connectivity index (χ3n) is 11.0. The minimum Gasteiger partial charge on any atom is -0.456 e. The average Bonchev–Trinajstić information content (AvgIpc) is 3.87. The number of furan rings is 1. The zero-order chi connectivity index (χ0) is 35.4. The van der Waals surface area contributed by atoms with Crippen molar-refractivity contribution in [1.29, 1.82) is 0 Å². The third-order valence-corrected chi connectivity index (χ3v) is 11.0. The molecule has 4 aromatic heterocycles. The van der Waals surface area contributed by atoms with Crippen LogP contribution in [0, 0.1) is 0 Å². The third kappa shape index (κ3) is 4.03. The van der Waals surface area contributed by atoms with E-state index in [9.17, 15) is 4.79 Å². The zero-order valence-corrected chi connectivity index (χ0v) is 28.6. The molecule has 7 aromatic carbocycles. The zero-order valence-electron chi connectivity index (χ0n) is 28.6. The van der Waals surface area contributed by atoms with Crippen molar-refractivity contribution < 1.29 is 4.42 Å². The molecule has 0 amide bonds. The van der Waals surface area contributed by atoms with Gasteiger partial charge in [-0.3, -0.25) is 9.20 Å². The Bertz CT molecular complexity index is 3360. The monoisotopic (exact) mass is 678 g/mol. The highest BCUT2D eigenvalue weighted by Crippen LogP contribution is 2.43. The predicted molar refractivity (Wildman–Crippen MR) is 223 cm³/mol. The first-order valence-electron chi connectivity index (χ1n) is 17.8. The Morgan fingerprint density at radius 3 is 1.85 bits per heavy atom. The molecule has 0 aliphatic rings. The van der Waals surface area contributed by atoms with Crippen LogP contribution in [-0.4, -0.2) is 8.97 Å². The van der Waals surface area contributed by atoms with Gasteiger partial charge >= 0.3 is 0 Å². The molecule has 11 rings (SSSR count). The molecule has 0 saturated carbocycles. The van der Waals surface area contributed by atoms with E-state index in [1.807, 2.05) is 28.7 Å². The number of pyridine rings is 1. The van der Waals surface area contributed by atoms with E-state index in [1.54, 1.807) is 12.2 Å². The van der Waals surface area contributed by atoms with Gasteiger partial charge in [-0.25, -0.2) is 0 Å². The molecule has 0 fully saturated rings. The first kappa shape index (κ1) is 29.5. The molecule has 0 N–H and O–H groups in total. The molecular formula is C49H30N2O2. The lowest BCUT2D eigenvalue weighted by atomic mass is 9.93. The lowest BCUT2D eigenvalue weighted by Gasteiger charge is -2.12. The highest BCUT2D eigenvalue weighted by Gasteiger charge is 2.22. The summed E-state index contributed by atoms with van der Waals surface area (Å²) in [6.45, 7) is 8.13. The van der Waals surface area contributed by atoms with Gasteiger partial charge in [0.1, 0.15) is 11.2 Å². The Morgan fingerprint density at radius 1 is 0.491 bits per heavy atom. The summed E-state index contributed by atoms with van der Waals surface area (Å²) in [4.78, 5) is 13.8. The van der Waals surface area contributed by atoms with E-state index in [1.165, 1.54) is 21.8 Å². The van der Waals surface area contributed by atoms with Gasteiger partial charge in [-0.05, 0) is 88.5 Å². The Kier molecular flexibility index (Phi) is 6.09. The van der Waals surface area contributed by atoms with Crippen LogP contribution in [0.4, 0.5) is 0 Å². The van der Waals surface area contributed by atoms with Crippen molar-refractivity contribution in [3.8, 4) is 27.9 Å². The second kappa shape index (κ2) is 10.9. The number of aromatic nitrogens is 2. The van der Waals surface area contributed by atoms with Crippen LogP contribution in [0.25, 0.3) is 111 Å². The predicted octanol–water partition coefficient (Wildman–Crippen LogP) is 12.7. The topological polar surface area (TPSA) is 39.5 Å². The van der Waals surface area contributed by atoms with Crippen molar-refractivity contribution in [1.82, 2.24) is 8.97 Å². The van der Waals surface area contributed by atoms with Crippen molar-refractivity contribution in [3.05, 3.63) is 180 Å². The number of rotatable bonds is 5. The molecule has 4 nitrogen and oxygen atoms in total. The van der Waals surface area contributed by atoms with E-state index < -0.39 is 0 Å². The number of hydrogen-bond donors (Lipinski definition) is 0. The van der Waals surface area contributed by atoms with E-state index in [4.69, 9.17) is 4.42 Å². The van der Waals surface area contributed by atoms with Crippen LogP contribution in [0.2, 0.25) is 0 Å². The molecule has 4 heterocycles. The average molecular weight is 679 g/mol. The largest absolute Gasteiger partial charge is 0.456 e. The molecular weight excluding hydrogens is 649 g/mol. The van der Waals surface area contributed by atoms with Crippen LogP contribution in [0.5, 0.6) is 0 Å². The highest BCUT2D eigenvalue weighted by atomic mass is 16.3. The lowest BCUT2D eigenvalue weighted by molar-refractivity contribution is 0.669. The van der Waals surface area contributed by atoms with Crippen LogP contribution < -0.4 is 5.56 Å². The van der Waals surface area contributed by atoms with Gasteiger partial charge < -0.3 is 8.98 Å². The van der Waals surface area contributed by atoms with Gasteiger partial charge in [-0.15, -0.1) is 0 Å². The van der Waals surface area contributed by atoms with E-state index in [0.717, 1.165) is 82.6 Å². The molecule has 0 atom stereocenters. The Labute approximate surface area is 303 Å². The summed E-state index contributed by atoms with van der Waals surface area (Å²) >= 11 is 0. The molecule has 0 aliphatic carbocycles. The van der Waals surface area contributed by atoms with Crippen molar-refractivity contribution in [2.45, 2.75) is 0 Å². The molecule has 0 aliphatic heterocycles. The van der Waals surface area contributed by atoms with Gasteiger partial charge in [0.2, 0.25) is 0 Å². The number of hydrogen-bond acceptors (Lipinski definition) is 2. The van der Waals surface area contributed by atoms with Crippen LogP contribution in [0.15, 0.2) is 168 Å². The molecule has 11 aromatic rings. The Balaban J connectivity index is 1.14. The minimum absolute atomic E-state index is 0.0842. The number of para-hydroxylation sites is 3. The lowest BCUT2D eigenvalue weighted by Crippen LogP contribution is -2.17. The summed E-state index contributed by atoms with van der Waals surface area (Å²) in [5.41, 5.74) is 12.5. The summed E-state index contributed by atoms with van der Waals surface area (Å²) < 4.78 is 10.7. The number of benzene rings is 7. The van der Waals surface area contributed by atoms with Crippen molar-refractivity contribution in [2.24, 2.45) is 0 Å². The van der Waals surface area contributed by atoms with Crippen molar-refractivity contribution in [3.63, 3.8) is 0 Å². The fourth-order valence-corrected chi connectivity index (χ4v) is 8.74. The normalized spacial score (nSPS) is 12.0. The van der Waals surface area contributed by atoms with Crippen LogP contribution in [0.1, 0.15) is 11.1 Å². The summed E-state index contributed by atoms with van der Waals surface area (Å²) in [6.07, 6.45) is 3.43. The van der Waals surface area contributed by atoms with Gasteiger partial charge in [0, 0.05) is 49.0 Å². The summed E-state index contributed by atoms with van der Waals surface area (Å²) in [7, 11) is 0. The van der Waals surface area contributed by atoms with Gasteiger partial charge in [-0.1, -0.05) is 110 Å². The van der Waals surface area contributed by atoms with Gasteiger partial charge in [0.15, 0.2) is 0 Å². The molecule has 0 bridgehead atoms. The summed E-state index contributed by atoms with van der Waals surface area (Å²) in [5.74, 6) is 0.